The molecule has 1 heterocycles. The van der Waals surface area contributed by atoms with Crippen LogP contribution in [0.4, 0.5) is 0 Å². The minimum absolute atomic E-state index is 0.405. The molecule has 1 aromatic rings. The first kappa shape index (κ1) is 16.5. The summed E-state index contributed by atoms with van der Waals surface area (Å²) >= 11 is 0. The predicted octanol–water partition coefficient (Wildman–Crippen LogP) is 3.06. The van der Waals surface area contributed by atoms with Crippen LogP contribution in [0, 0.1) is 13.8 Å². The SMILES string of the molecule is CCNC(CN1CCOCC1CC)c1cc(C)ccc1C. The molecule has 0 aromatic heterocycles. The highest BCUT2D eigenvalue weighted by Gasteiger charge is 2.25. The number of hydrogen-bond donors (Lipinski definition) is 1. The third kappa shape index (κ3) is 4.29. The fourth-order valence-corrected chi connectivity index (χ4v) is 3.19. The van der Waals surface area contributed by atoms with Gasteiger partial charge in [0.25, 0.3) is 0 Å². The number of benzene rings is 1. The summed E-state index contributed by atoms with van der Waals surface area (Å²) in [6.07, 6.45) is 1.16. The zero-order valence-electron chi connectivity index (χ0n) is 14.0. The van der Waals surface area contributed by atoms with Crippen molar-refractivity contribution in [1.82, 2.24) is 10.2 Å². The molecule has 1 N–H and O–H groups in total. The zero-order valence-corrected chi connectivity index (χ0v) is 14.0. The summed E-state index contributed by atoms with van der Waals surface area (Å²) in [7, 11) is 0. The number of rotatable bonds is 6. The van der Waals surface area contributed by atoms with Gasteiger partial charge in [0.1, 0.15) is 0 Å². The van der Waals surface area contributed by atoms with Crippen LogP contribution in [0.5, 0.6) is 0 Å². The first-order valence-electron chi connectivity index (χ1n) is 8.28. The molecule has 0 bridgehead atoms. The van der Waals surface area contributed by atoms with Gasteiger partial charge in [0.2, 0.25) is 0 Å². The highest BCUT2D eigenvalue weighted by molar-refractivity contribution is 5.33. The summed E-state index contributed by atoms with van der Waals surface area (Å²) in [5.41, 5.74) is 4.17. The number of nitrogens with one attached hydrogen (secondary N) is 1. The quantitative estimate of drug-likeness (QED) is 0.871. The van der Waals surface area contributed by atoms with Gasteiger partial charge in [-0.05, 0) is 37.9 Å². The Bertz CT molecular complexity index is 447. The average molecular weight is 290 g/mol. The van der Waals surface area contributed by atoms with Crippen molar-refractivity contribution in [3.05, 3.63) is 34.9 Å². The van der Waals surface area contributed by atoms with Crippen molar-refractivity contribution in [1.29, 1.82) is 0 Å². The molecule has 1 aliphatic rings. The molecule has 0 amide bonds. The number of nitrogens with zero attached hydrogens (tertiary/aromatic N) is 1. The van der Waals surface area contributed by atoms with E-state index in [-0.39, 0.29) is 0 Å². The first-order chi connectivity index (χ1) is 10.2. The van der Waals surface area contributed by atoms with E-state index in [1.54, 1.807) is 0 Å². The molecule has 0 aliphatic carbocycles. The minimum Gasteiger partial charge on any atom is -0.378 e. The molecule has 2 rings (SSSR count). The van der Waals surface area contributed by atoms with E-state index in [1.807, 2.05) is 0 Å². The second kappa shape index (κ2) is 7.92. The number of morpholine rings is 1. The Morgan fingerprint density at radius 2 is 2.14 bits per heavy atom. The lowest BCUT2D eigenvalue weighted by molar-refractivity contribution is -0.0126. The molecule has 2 unspecified atom stereocenters. The molecule has 1 fully saturated rings. The number of likely N-dealkylation sites (N-methyl/N-ethyl adjacent to an activating group) is 1. The molecule has 0 spiro atoms. The summed E-state index contributed by atoms with van der Waals surface area (Å²) in [6.45, 7) is 13.7. The van der Waals surface area contributed by atoms with Gasteiger partial charge in [-0.1, -0.05) is 37.6 Å². The maximum absolute atomic E-state index is 5.63. The number of hydrogen-bond acceptors (Lipinski definition) is 3. The highest BCUT2D eigenvalue weighted by Crippen LogP contribution is 2.22. The van der Waals surface area contributed by atoms with Gasteiger partial charge in [-0.25, -0.2) is 0 Å². The third-order valence-corrected chi connectivity index (χ3v) is 4.50. The van der Waals surface area contributed by atoms with E-state index in [0.29, 0.717) is 12.1 Å². The van der Waals surface area contributed by atoms with Crippen LogP contribution in [-0.4, -0.2) is 43.8 Å². The van der Waals surface area contributed by atoms with Crippen molar-refractivity contribution < 1.29 is 4.74 Å². The molecular weight excluding hydrogens is 260 g/mol. The van der Waals surface area contributed by atoms with Gasteiger partial charge in [-0.3, -0.25) is 4.90 Å². The van der Waals surface area contributed by atoms with Crippen molar-refractivity contribution in [2.24, 2.45) is 0 Å². The Balaban J connectivity index is 2.16. The molecule has 1 aliphatic heterocycles. The maximum Gasteiger partial charge on any atom is 0.0622 e. The summed E-state index contributed by atoms with van der Waals surface area (Å²) in [5, 5.41) is 3.68. The van der Waals surface area contributed by atoms with Gasteiger partial charge in [-0.2, -0.15) is 0 Å². The second-order valence-corrected chi connectivity index (χ2v) is 6.10. The van der Waals surface area contributed by atoms with E-state index in [0.717, 1.165) is 39.3 Å². The lowest BCUT2D eigenvalue weighted by atomic mass is 9.97. The summed E-state index contributed by atoms with van der Waals surface area (Å²) in [5.74, 6) is 0. The Labute approximate surface area is 129 Å². The maximum atomic E-state index is 5.63. The molecule has 0 saturated carbocycles. The molecule has 2 atom stereocenters. The average Bonchev–Trinajstić information content (AvgIpc) is 2.50. The van der Waals surface area contributed by atoms with Gasteiger partial charge >= 0.3 is 0 Å². The van der Waals surface area contributed by atoms with Gasteiger partial charge in [0.05, 0.1) is 13.2 Å². The summed E-state index contributed by atoms with van der Waals surface area (Å²) < 4.78 is 5.63. The van der Waals surface area contributed by atoms with Crippen molar-refractivity contribution in [2.75, 3.05) is 32.8 Å². The van der Waals surface area contributed by atoms with E-state index in [1.165, 1.54) is 16.7 Å². The van der Waals surface area contributed by atoms with Crippen LogP contribution in [-0.2, 0) is 4.74 Å². The van der Waals surface area contributed by atoms with Gasteiger partial charge < -0.3 is 10.1 Å². The van der Waals surface area contributed by atoms with Gasteiger partial charge in [0, 0.05) is 25.2 Å². The molecule has 1 aromatic carbocycles. The lowest BCUT2D eigenvalue weighted by Crippen LogP contribution is -2.48. The number of ether oxygens (including phenoxy) is 1. The fourth-order valence-electron chi connectivity index (χ4n) is 3.19. The molecular formula is C18H30N2O. The van der Waals surface area contributed by atoms with E-state index < -0.39 is 0 Å². The topological polar surface area (TPSA) is 24.5 Å². The predicted molar refractivity (Wildman–Crippen MR) is 88.8 cm³/mol. The summed E-state index contributed by atoms with van der Waals surface area (Å²) in [4.78, 5) is 2.60. The Kier molecular flexibility index (Phi) is 6.22. The third-order valence-electron chi connectivity index (χ3n) is 4.50. The van der Waals surface area contributed by atoms with Crippen LogP contribution in [0.2, 0.25) is 0 Å². The highest BCUT2D eigenvalue weighted by atomic mass is 16.5. The smallest absolute Gasteiger partial charge is 0.0622 e. The fraction of sp³-hybridized carbons (Fsp3) is 0.667. The van der Waals surface area contributed by atoms with Crippen molar-refractivity contribution >= 4 is 0 Å². The standard InChI is InChI=1S/C18H30N2O/c1-5-16-13-21-10-9-20(16)12-18(19-6-2)17-11-14(3)7-8-15(17)4/h7-8,11,16,18-19H,5-6,9-10,12-13H2,1-4H3. The lowest BCUT2D eigenvalue weighted by Gasteiger charge is -2.38. The monoisotopic (exact) mass is 290 g/mol. The Morgan fingerprint density at radius 3 is 2.86 bits per heavy atom. The molecule has 118 valence electrons. The largest absolute Gasteiger partial charge is 0.378 e. The molecule has 21 heavy (non-hydrogen) atoms. The molecule has 3 nitrogen and oxygen atoms in total. The minimum atomic E-state index is 0.405. The molecule has 0 radical (unpaired) electrons. The van der Waals surface area contributed by atoms with Crippen LogP contribution in [0.15, 0.2) is 18.2 Å². The van der Waals surface area contributed by atoms with Crippen LogP contribution >= 0.6 is 0 Å². The molecule has 3 heteroatoms. The van der Waals surface area contributed by atoms with E-state index >= 15 is 0 Å². The zero-order chi connectivity index (χ0) is 15.2. The van der Waals surface area contributed by atoms with Crippen LogP contribution < -0.4 is 5.32 Å². The van der Waals surface area contributed by atoms with Crippen LogP contribution in [0.1, 0.15) is 43.0 Å². The second-order valence-electron chi connectivity index (χ2n) is 6.10. The van der Waals surface area contributed by atoms with Crippen molar-refractivity contribution in [2.45, 2.75) is 46.2 Å². The number of aryl methyl sites for hydroxylation is 2. The van der Waals surface area contributed by atoms with Crippen LogP contribution in [0.3, 0.4) is 0 Å². The normalized spacial score (nSPS) is 21.4. The van der Waals surface area contributed by atoms with E-state index in [9.17, 15) is 0 Å². The summed E-state index contributed by atoms with van der Waals surface area (Å²) in [6, 6.07) is 7.74. The Morgan fingerprint density at radius 1 is 1.33 bits per heavy atom. The van der Waals surface area contributed by atoms with Gasteiger partial charge in [0.15, 0.2) is 0 Å². The van der Waals surface area contributed by atoms with Crippen LogP contribution in [0.25, 0.3) is 0 Å². The van der Waals surface area contributed by atoms with Gasteiger partial charge in [-0.15, -0.1) is 0 Å². The van der Waals surface area contributed by atoms with Crippen molar-refractivity contribution in [3.8, 4) is 0 Å². The molecule has 1 saturated heterocycles. The first-order valence-corrected chi connectivity index (χ1v) is 8.28. The Hall–Kier alpha value is -0.900. The van der Waals surface area contributed by atoms with Crippen molar-refractivity contribution in [3.63, 3.8) is 0 Å². The van der Waals surface area contributed by atoms with E-state index in [2.05, 4.69) is 56.1 Å². The van der Waals surface area contributed by atoms with E-state index in [4.69, 9.17) is 4.74 Å².